The van der Waals surface area contributed by atoms with Gasteiger partial charge in [-0.1, -0.05) is 33.2 Å². The van der Waals surface area contributed by atoms with E-state index < -0.39 is 4.92 Å². The number of aromatic nitrogens is 3. The quantitative estimate of drug-likeness (QED) is 0.375. The second-order valence-corrected chi connectivity index (χ2v) is 5.96. The van der Waals surface area contributed by atoms with Gasteiger partial charge >= 0.3 is 0 Å². The summed E-state index contributed by atoms with van der Waals surface area (Å²) >= 11 is 3.32. The lowest BCUT2D eigenvalue weighted by atomic mass is 10.1. The maximum Gasteiger partial charge on any atom is 0.279 e. The smallest absolute Gasteiger partial charge is 0.279 e. The lowest BCUT2D eigenvalue weighted by Gasteiger charge is -2.08. The zero-order chi connectivity index (χ0) is 17.3. The van der Waals surface area contributed by atoms with Crippen molar-refractivity contribution in [3.05, 3.63) is 50.4 Å². The minimum Gasteiger partial charge on any atom is -0.353 e. The van der Waals surface area contributed by atoms with Crippen LogP contribution in [-0.4, -0.2) is 25.2 Å². The molecule has 0 saturated carbocycles. The SMILES string of the molecule is Cc1noc2c(-c3ccccc3[N+](=O)[O-])nn(CCCBr)c(=O)c12. The van der Waals surface area contributed by atoms with Gasteiger partial charge in [0.05, 0.1) is 16.2 Å². The molecule has 0 amide bonds. The van der Waals surface area contributed by atoms with Crippen LogP contribution in [0.2, 0.25) is 0 Å². The molecule has 24 heavy (non-hydrogen) atoms. The number of para-hydroxylation sites is 1. The Kier molecular flexibility index (Phi) is 4.43. The Morgan fingerprint density at radius 3 is 2.83 bits per heavy atom. The summed E-state index contributed by atoms with van der Waals surface area (Å²) in [5, 5.41) is 20.5. The number of benzene rings is 1. The van der Waals surface area contributed by atoms with Gasteiger partial charge in [-0.15, -0.1) is 0 Å². The van der Waals surface area contributed by atoms with Gasteiger partial charge in [0, 0.05) is 17.9 Å². The predicted octanol–water partition coefficient (Wildman–Crippen LogP) is 3.05. The fourth-order valence-corrected chi connectivity index (χ4v) is 2.74. The summed E-state index contributed by atoms with van der Waals surface area (Å²) < 4.78 is 6.56. The second kappa shape index (κ2) is 6.52. The average Bonchev–Trinajstić information content (AvgIpc) is 2.96. The summed E-state index contributed by atoms with van der Waals surface area (Å²) in [6.45, 7) is 2.05. The number of nitrogens with zero attached hydrogens (tertiary/aromatic N) is 4. The van der Waals surface area contributed by atoms with Crippen molar-refractivity contribution >= 4 is 32.6 Å². The molecule has 3 aromatic rings. The summed E-state index contributed by atoms with van der Waals surface area (Å²) in [5.41, 5.74) is 0.716. The molecule has 0 spiro atoms. The zero-order valence-electron chi connectivity index (χ0n) is 12.7. The van der Waals surface area contributed by atoms with Crippen LogP contribution in [0.3, 0.4) is 0 Å². The zero-order valence-corrected chi connectivity index (χ0v) is 14.3. The van der Waals surface area contributed by atoms with E-state index in [9.17, 15) is 14.9 Å². The van der Waals surface area contributed by atoms with E-state index in [0.717, 1.165) is 0 Å². The largest absolute Gasteiger partial charge is 0.353 e. The van der Waals surface area contributed by atoms with E-state index in [0.29, 0.717) is 29.4 Å². The third-order valence-electron chi connectivity index (χ3n) is 3.61. The number of halogens is 1. The number of fused-ring (bicyclic) bond motifs is 1. The van der Waals surface area contributed by atoms with E-state index in [1.807, 2.05) is 0 Å². The van der Waals surface area contributed by atoms with Gasteiger partial charge < -0.3 is 4.52 Å². The van der Waals surface area contributed by atoms with Crippen molar-refractivity contribution in [2.24, 2.45) is 0 Å². The Hall–Kier alpha value is -2.55. The van der Waals surface area contributed by atoms with Gasteiger partial charge in [0.2, 0.25) is 5.58 Å². The highest BCUT2D eigenvalue weighted by Gasteiger charge is 2.24. The maximum absolute atomic E-state index is 12.6. The highest BCUT2D eigenvalue weighted by molar-refractivity contribution is 9.09. The molecule has 0 saturated heterocycles. The first kappa shape index (κ1) is 16.3. The van der Waals surface area contributed by atoms with Gasteiger partial charge in [0.25, 0.3) is 11.2 Å². The average molecular weight is 393 g/mol. The van der Waals surface area contributed by atoms with Crippen LogP contribution >= 0.6 is 15.9 Å². The van der Waals surface area contributed by atoms with Gasteiger partial charge in [-0.3, -0.25) is 14.9 Å². The summed E-state index contributed by atoms with van der Waals surface area (Å²) in [7, 11) is 0. The number of rotatable bonds is 5. The fourth-order valence-electron chi connectivity index (χ4n) is 2.49. The van der Waals surface area contributed by atoms with E-state index in [4.69, 9.17) is 4.52 Å². The lowest BCUT2D eigenvalue weighted by molar-refractivity contribution is -0.384. The molecule has 0 bridgehead atoms. The normalized spacial score (nSPS) is 11.1. The Morgan fingerprint density at radius 2 is 2.12 bits per heavy atom. The molecular weight excluding hydrogens is 380 g/mol. The van der Waals surface area contributed by atoms with Crippen molar-refractivity contribution in [1.29, 1.82) is 0 Å². The Balaban J connectivity index is 2.34. The Bertz CT molecular complexity index is 979. The van der Waals surface area contributed by atoms with Crippen molar-refractivity contribution in [3.8, 4) is 11.3 Å². The molecule has 0 aliphatic heterocycles. The molecular formula is C15H13BrN4O4. The number of nitro groups is 1. The van der Waals surface area contributed by atoms with Crippen LogP contribution < -0.4 is 5.56 Å². The van der Waals surface area contributed by atoms with E-state index in [1.54, 1.807) is 25.1 Å². The van der Waals surface area contributed by atoms with Gasteiger partial charge in [0.15, 0.2) is 0 Å². The van der Waals surface area contributed by atoms with E-state index >= 15 is 0 Å². The molecule has 0 fully saturated rings. The van der Waals surface area contributed by atoms with Gasteiger partial charge in [0.1, 0.15) is 11.1 Å². The second-order valence-electron chi connectivity index (χ2n) is 5.17. The molecule has 0 aliphatic rings. The molecule has 2 aromatic heterocycles. The fraction of sp³-hybridized carbons (Fsp3) is 0.267. The van der Waals surface area contributed by atoms with Crippen molar-refractivity contribution < 1.29 is 9.45 Å². The minimum atomic E-state index is -0.486. The molecule has 2 heterocycles. The van der Waals surface area contributed by atoms with Gasteiger partial charge in [-0.05, 0) is 19.4 Å². The lowest BCUT2D eigenvalue weighted by Crippen LogP contribution is -2.24. The molecule has 8 nitrogen and oxygen atoms in total. The molecule has 124 valence electrons. The molecule has 3 rings (SSSR count). The van der Waals surface area contributed by atoms with Crippen LogP contribution in [0.4, 0.5) is 5.69 Å². The molecule has 0 N–H and O–H groups in total. The van der Waals surface area contributed by atoms with Crippen LogP contribution in [0.1, 0.15) is 12.1 Å². The number of alkyl halides is 1. The highest BCUT2D eigenvalue weighted by Crippen LogP contribution is 2.32. The van der Waals surface area contributed by atoms with Crippen LogP contribution in [0.15, 0.2) is 33.6 Å². The summed E-state index contributed by atoms with van der Waals surface area (Å²) in [6.07, 6.45) is 0.694. The summed E-state index contributed by atoms with van der Waals surface area (Å²) in [6, 6.07) is 6.22. The Labute approximate surface area is 144 Å². The van der Waals surface area contributed by atoms with E-state index in [1.165, 1.54) is 10.7 Å². The Morgan fingerprint density at radius 1 is 1.38 bits per heavy atom. The third-order valence-corrected chi connectivity index (χ3v) is 4.17. The first-order chi connectivity index (χ1) is 11.5. The highest BCUT2D eigenvalue weighted by atomic mass is 79.9. The van der Waals surface area contributed by atoms with E-state index in [2.05, 4.69) is 26.2 Å². The first-order valence-corrected chi connectivity index (χ1v) is 8.33. The summed E-state index contributed by atoms with van der Waals surface area (Å²) in [4.78, 5) is 23.4. The predicted molar refractivity (Wildman–Crippen MR) is 91.3 cm³/mol. The number of aryl methyl sites for hydroxylation is 2. The first-order valence-electron chi connectivity index (χ1n) is 7.21. The number of nitro benzene ring substituents is 1. The minimum absolute atomic E-state index is 0.106. The van der Waals surface area contributed by atoms with Crippen molar-refractivity contribution in [2.75, 3.05) is 5.33 Å². The number of hydrogen-bond donors (Lipinski definition) is 0. The monoisotopic (exact) mass is 392 g/mol. The van der Waals surface area contributed by atoms with Gasteiger partial charge in [-0.2, -0.15) is 5.10 Å². The van der Waals surface area contributed by atoms with E-state index in [-0.39, 0.29) is 28.1 Å². The molecule has 0 atom stereocenters. The van der Waals surface area contributed by atoms with Crippen molar-refractivity contribution in [3.63, 3.8) is 0 Å². The van der Waals surface area contributed by atoms with Gasteiger partial charge in [-0.25, -0.2) is 4.68 Å². The third kappa shape index (κ3) is 2.71. The van der Waals surface area contributed by atoms with Crippen LogP contribution in [0, 0.1) is 17.0 Å². The molecule has 0 radical (unpaired) electrons. The number of hydrogen-bond acceptors (Lipinski definition) is 6. The summed E-state index contributed by atoms with van der Waals surface area (Å²) in [5.74, 6) is 0. The van der Waals surface area contributed by atoms with Crippen molar-refractivity contribution in [1.82, 2.24) is 14.9 Å². The van der Waals surface area contributed by atoms with Crippen LogP contribution in [-0.2, 0) is 6.54 Å². The molecule has 9 heteroatoms. The molecule has 0 aliphatic carbocycles. The van der Waals surface area contributed by atoms with Crippen LogP contribution in [0.25, 0.3) is 22.2 Å². The maximum atomic E-state index is 12.6. The standard InChI is InChI=1S/C15H13BrN4O4/c1-9-12-14(24-18-9)13(17-19(15(12)21)8-4-7-16)10-5-2-3-6-11(10)20(22)23/h2-3,5-6H,4,7-8H2,1H3. The molecule has 0 unspecified atom stereocenters. The molecule has 1 aromatic carbocycles. The van der Waals surface area contributed by atoms with Crippen LogP contribution in [0.5, 0.6) is 0 Å². The van der Waals surface area contributed by atoms with Crippen molar-refractivity contribution in [2.45, 2.75) is 19.9 Å². The topological polar surface area (TPSA) is 104 Å².